The molecule has 1 aliphatic carbocycles. The summed E-state index contributed by atoms with van der Waals surface area (Å²) in [6, 6.07) is 10.1. The molecule has 1 fully saturated rings. The summed E-state index contributed by atoms with van der Waals surface area (Å²) in [7, 11) is 1.88. The van der Waals surface area contributed by atoms with Gasteiger partial charge in [-0.1, -0.05) is 30.3 Å². The van der Waals surface area contributed by atoms with Crippen LogP contribution in [0.15, 0.2) is 30.3 Å². The van der Waals surface area contributed by atoms with Crippen LogP contribution in [0.5, 0.6) is 0 Å². The van der Waals surface area contributed by atoms with E-state index in [0.29, 0.717) is 12.5 Å². The molecule has 0 heterocycles. The molecule has 1 aliphatic rings. The average molecular weight is 261 g/mol. The van der Waals surface area contributed by atoms with Crippen molar-refractivity contribution in [2.24, 2.45) is 11.8 Å². The largest absolute Gasteiger partial charge is 0.396 e. The average Bonchev–Trinajstić information content (AvgIpc) is 2.47. The second-order valence-electron chi connectivity index (χ2n) is 5.58. The lowest BCUT2D eigenvalue weighted by molar-refractivity contribution is -0.136. The van der Waals surface area contributed by atoms with Gasteiger partial charge in [-0.25, -0.2) is 0 Å². The Morgan fingerprint density at radius 1 is 1.21 bits per heavy atom. The topological polar surface area (TPSA) is 40.5 Å². The molecular weight excluding hydrogens is 238 g/mol. The predicted octanol–water partition coefficient (Wildman–Crippen LogP) is 2.44. The van der Waals surface area contributed by atoms with Gasteiger partial charge in [-0.15, -0.1) is 0 Å². The number of amides is 1. The van der Waals surface area contributed by atoms with Crippen LogP contribution in [0.1, 0.15) is 31.2 Å². The molecule has 19 heavy (non-hydrogen) atoms. The first kappa shape index (κ1) is 14.1. The van der Waals surface area contributed by atoms with Crippen LogP contribution in [0.3, 0.4) is 0 Å². The number of benzene rings is 1. The minimum absolute atomic E-state index is 0.150. The highest BCUT2D eigenvalue weighted by Crippen LogP contribution is 2.29. The first-order valence-electron chi connectivity index (χ1n) is 7.10. The number of aliphatic hydroxyl groups excluding tert-OH is 1. The van der Waals surface area contributed by atoms with E-state index in [0.717, 1.165) is 25.7 Å². The molecule has 1 aromatic carbocycles. The third kappa shape index (κ3) is 3.80. The zero-order valence-corrected chi connectivity index (χ0v) is 11.6. The highest BCUT2D eigenvalue weighted by molar-refractivity contribution is 5.78. The van der Waals surface area contributed by atoms with Crippen molar-refractivity contribution in [3.63, 3.8) is 0 Å². The number of hydrogen-bond acceptors (Lipinski definition) is 2. The lowest BCUT2D eigenvalue weighted by Gasteiger charge is -2.29. The van der Waals surface area contributed by atoms with Crippen LogP contribution in [0.25, 0.3) is 0 Å². The van der Waals surface area contributed by atoms with Gasteiger partial charge in [-0.05, 0) is 37.2 Å². The molecule has 104 valence electrons. The molecule has 1 aromatic rings. The highest BCUT2D eigenvalue weighted by atomic mass is 16.3. The van der Waals surface area contributed by atoms with Crippen molar-refractivity contribution in [1.29, 1.82) is 0 Å². The van der Waals surface area contributed by atoms with Gasteiger partial charge in [0.25, 0.3) is 0 Å². The quantitative estimate of drug-likeness (QED) is 0.904. The van der Waals surface area contributed by atoms with Gasteiger partial charge in [0.15, 0.2) is 0 Å². The molecule has 0 unspecified atom stereocenters. The number of aliphatic hydroxyl groups is 1. The van der Waals surface area contributed by atoms with Crippen LogP contribution in [0.2, 0.25) is 0 Å². The summed E-state index contributed by atoms with van der Waals surface area (Å²) in [6.07, 6.45) is 3.80. The molecule has 0 saturated heterocycles. The molecule has 0 aromatic heterocycles. The Bertz CT molecular complexity index is 396. The number of nitrogens with zero attached hydrogens (tertiary/aromatic N) is 1. The highest BCUT2D eigenvalue weighted by Gasteiger charge is 2.27. The SMILES string of the molecule is CN(Cc1ccccc1)C(=O)C1CCC(CO)CC1. The van der Waals surface area contributed by atoms with E-state index in [4.69, 9.17) is 5.11 Å². The fraction of sp³-hybridized carbons (Fsp3) is 0.562. The van der Waals surface area contributed by atoms with Crippen LogP contribution in [0, 0.1) is 11.8 Å². The summed E-state index contributed by atoms with van der Waals surface area (Å²) in [5, 5.41) is 9.12. The van der Waals surface area contributed by atoms with E-state index in [-0.39, 0.29) is 18.4 Å². The summed E-state index contributed by atoms with van der Waals surface area (Å²) in [5.41, 5.74) is 1.17. The van der Waals surface area contributed by atoms with Gasteiger partial charge in [0.2, 0.25) is 5.91 Å². The van der Waals surface area contributed by atoms with Gasteiger partial charge in [0, 0.05) is 26.1 Å². The van der Waals surface area contributed by atoms with Gasteiger partial charge in [0.05, 0.1) is 0 Å². The summed E-state index contributed by atoms with van der Waals surface area (Å²) >= 11 is 0. The third-order valence-corrected chi connectivity index (χ3v) is 4.09. The first-order chi connectivity index (χ1) is 9.20. The van der Waals surface area contributed by atoms with E-state index in [2.05, 4.69) is 0 Å². The molecule has 1 saturated carbocycles. The Balaban J connectivity index is 1.86. The van der Waals surface area contributed by atoms with Gasteiger partial charge in [0.1, 0.15) is 0 Å². The molecular formula is C16H23NO2. The van der Waals surface area contributed by atoms with Crippen LogP contribution in [-0.4, -0.2) is 29.6 Å². The third-order valence-electron chi connectivity index (χ3n) is 4.09. The van der Waals surface area contributed by atoms with Crippen molar-refractivity contribution in [2.45, 2.75) is 32.2 Å². The molecule has 3 nitrogen and oxygen atoms in total. The predicted molar refractivity (Wildman–Crippen MR) is 75.4 cm³/mol. The molecule has 1 N–H and O–H groups in total. The fourth-order valence-corrected chi connectivity index (χ4v) is 2.84. The number of carbonyl (C=O) groups excluding carboxylic acids is 1. The second kappa shape index (κ2) is 6.71. The van der Waals surface area contributed by atoms with Gasteiger partial charge in [-0.3, -0.25) is 4.79 Å². The van der Waals surface area contributed by atoms with Gasteiger partial charge in [-0.2, -0.15) is 0 Å². The Kier molecular flexibility index (Phi) is 4.97. The summed E-state index contributed by atoms with van der Waals surface area (Å²) < 4.78 is 0. The Morgan fingerprint density at radius 3 is 2.42 bits per heavy atom. The van der Waals surface area contributed by atoms with Crippen LogP contribution >= 0.6 is 0 Å². The van der Waals surface area contributed by atoms with E-state index in [1.165, 1.54) is 5.56 Å². The smallest absolute Gasteiger partial charge is 0.225 e. The number of carbonyl (C=O) groups is 1. The second-order valence-corrected chi connectivity index (χ2v) is 5.58. The molecule has 0 radical (unpaired) electrons. The van der Waals surface area contributed by atoms with Gasteiger partial charge < -0.3 is 10.0 Å². The van der Waals surface area contributed by atoms with Crippen molar-refractivity contribution in [3.05, 3.63) is 35.9 Å². The Labute approximate surface area is 115 Å². The number of rotatable bonds is 4. The normalized spacial score (nSPS) is 23.1. The molecule has 2 rings (SSSR count). The lowest BCUT2D eigenvalue weighted by atomic mass is 9.82. The minimum Gasteiger partial charge on any atom is -0.396 e. The van der Waals surface area contributed by atoms with E-state index >= 15 is 0 Å². The van der Waals surface area contributed by atoms with Crippen LogP contribution in [0.4, 0.5) is 0 Å². The zero-order valence-electron chi connectivity index (χ0n) is 11.6. The van der Waals surface area contributed by atoms with E-state index in [9.17, 15) is 4.79 Å². The number of hydrogen-bond donors (Lipinski definition) is 1. The fourth-order valence-electron chi connectivity index (χ4n) is 2.84. The molecule has 1 amide bonds. The first-order valence-corrected chi connectivity index (χ1v) is 7.10. The van der Waals surface area contributed by atoms with Crippen LogP contribution < -0.4 is 0 Å². The van der Waals surface area contributed by atoms with Crippen molar-refractivity contribution < 1.29 is 9.90 Å². The molecule has 0 atom stereocenters. The Hall–Kier alpha value is -1.35. The van der Waals surface area contributed by atoms with E-state index < -0.39 is 0 Å². The lowest BCUT2D eigenvalue weighted by Crippen LogP contribution is -2.35. The van der Waals surface area contributed by atoms with Crippen molar-refractivity contribution in [1.82, 2.24) is 4.90 Å². The van der Waals surface area contributed by atoms with E-state index in [1.54, 1.807) is 0 Å². The van der Waals surface area contributed by atoms with Gasteiger partial charge >= 0.3 is 0 Å². The maximum atomic E-state index is 12.4. The maximum Gasteiger partial charge on any atom is 0.225 e. The standard InChI is InChI=1S/C16H23NO2/c1-17(11-13-5-3-2-4-6-13)16(19)15-9-7-14(12-18)8-10-15/h2-6,14-15,18H,7-12H2,1H3. The van der Waals surface area contributed by atoms with Crippen molar-refractivity contribution in [3.8, 4) is 0 Å². The maximum absolute atomic E-state index is 12.4. The van der Waals surface area contributed by atoms with Crippen molar-refractivity contribution in [2.75, 3.05) is 13.7 Å². The van der Waals surface area contributed by atoms with E-state index in [1.807, 2.05) is 42.3 Å². The summed E-state index contributed by atoms with van der Waals surface area (Å²) in [4.78, 5) is 14.2. The summed E-state index contributed by atoms with van der Waals surface area (Å²) in [6.45, 7) is 0.945. The monoisotopic (exact) mass is 261 g/mol. The molecule has 0 aliphatic heterocycles. The zero-order chi connectivity index (χ0) is 13.7. The van der Waals surface area contributed by atoms with Crippen LogP contribution in [-0.2, 0) is 11.3 Å². The molecule has 0 bridgehead atoms. The Morgan fingerprint density at radius 2 is 1.84 bits per heavy atom. The minimum atomic E-state index is 0.150. The molecule has 3 heteroatoms. The molecule has 0 spiro atoms. The summed E-state index contributed by atoms with van der Waals surface area (Å²) in [5.74, 6) is 0.806. The van der Waals surface area contributed by atoms with Crippen molar-refractivity contribution >= 4 is 5.91 Å².